The van der Waals surface area contributed by atoms with Crippen molar-refractivity contribution in [2.24, 2.45) is 0 Å². The molecule has 0 bridgehead atoms. The molecule has 0 saturated carbocycles. The fraction of sp³-hybridized carbons (Fsp3) is 0.476. The summed E-state index contributed by atoms with van der Waals surface area (Å²) in [6, 6.07) is 6.16. The second kappa shape index (κ2) is 10.4. The van der Waals surface area contributed by atoms with Crippen LogP contribution < -0.4 is 20.0 Å². The number of nitrogens with one attached hydrogen (secondary N) is 1. The van der Waals surface area contributed by atoms with Gasteiger partial charge in [-0.2, -0.15) is 4.98 Å². The van der Waals surface area contributed by atoms with E-state index >= 15 is 0 Å². The lowest BCUT2D eigenvalue weighted by atomic mass is 10.2. The smallest absolute Gasteiger partial charge is 0.274 e. The summed E-state index contributed by atoms with van der Waals surface area (Å²) in [7, 11) is 7.19. The number of nitrogens with zero attached hydrogens (tertiary/aromatic N) is 5. The van der Waals surface area contributed by atoms with Crippen molar-refractivity contribution in [2.75, 3.05) is 87.7 Å². The monoisotopic (exact) mass is 432 g/mol. The highest BCUT2D eigenvalue weighted by atomic mass is 19.1. The molecule has 0 radical (unpaired) electrons. The van der Waals surface area contributed by atoms with Crippen LogP contribution in [0.25, 0.3) is 0 Å². The topological polar surface area (TPSA) is 83.1 Å². The molecule has 2 heterocycles. The second-order valence-electron chi connectivity index (χ2n) is 7.44. The van der Waals surface area contributed by atoms with Gasteiger partial charge in [-0.05, 0) is 18.2 Å². The molecule has 1 aliphatic heterocycles. The van der Waals surface area contributed by atoms with Crippen LogP contribution in [0.2, 0.25) is 0 Å². The number of aromatic nitrogens is 2. The van der Waals surface area contributed by atoms with Crippen LogP contribution in [0.15, 0.2) is 24.3 Å². The minimum absolute atomic E-state index is 0.0945. The van der Waals surface area contributed by atoms with E-state index in [0.29, 0.717) is 51.2 Å². The van der Waals surface area contributed by atoms with Gasteiger partial charge in [0.25, 0.3) is 5.91 Å². The largest absolute Gasteiger partial charge is 0.383 e. The molecule has 1 amide bonds. The third-order valence-corrected chi connectivity index (χ3v) is 4.96. The van der Waals surface area contributed by atoms with Gasteiger partial charge in [0.05, 0.1) is 25.5 Å². The van der Waals surface area contributed by atoms with Crippen LogP contribution in [-0.4, -0.2) is 83.6 Å². The number of hydrogen-bond acceptors (Lipinski definition) is 8. The molecular formula is C21H29FN6O3. The Morgan fingerprint density at radius 3 is 2.65 bits per heavy atom. The predicted octanol–water partition coefficient (Wildman–Crippen LogP) is 1.85. The number of likely N-dealkylation sites (N-methyl/N-ethyl adjacent to an activating group) is 1. The third kappa shape index (κ3) is 5.80. The first-order chi connectivity index (χ1) is 14.9. The zero-order valence-corrected chi connectivity index (χ0v) is 18.4. The summed E-state index contributed by atoms with van der Waals surface area (Å²) in [6.07, 6.45) is 0. The Kier molecular flexibility index (Phi) is 7.59. The van der Waals surface area contributed by atoms with Crippen LogP contribution in [0.5, 0.6) is 0 Å². The number of anilines is 4. The number of ether oxygens (including phenoxy) is 2. The zero-order valence-electron chi connectivity index (χ0n) is 18.4. The van der Waals surface area contributed by atoms with Gasteiger partial charge in [0.2, 0.25) is 5.95 Å². The number of morpholine rings is 1. The van der Waals surface area contributed by atoms with Crippen molar-refractivity contribution in [1.29, 1.82) is 0 Å². The average Bonchev–Trinajstić information content (AvgIpc) is 2.78. The summed E-state index contributed by atoms with van der Waals surface area (Å²) >= 11 is 0. The summed E-state index contributed by atoms with van der Waals surface area (Å²) in [5.74, 6) is 0.00545. The number of rotatable bonds is 8. The van der Waals surface area contributed by atoms with E-state index in [9.17, 15) is 9.18 Å². The number of halogens is 1. The van der Waals surface area contributed by atoms with Crippen LogP contribution in [0.1, 0.15) is 10.5 Å². The Morgan fingerprint density at radius 2 is 1.97 bits per heavy atom. The van der Waals surface area contributed by atoms with Crippen molar-refractivity contribution in [3.63, 3.8) is 0 Å². The van der Waals surface area contributed by atoms with E-state index in [2.05, 4.69) is 15.3 Å². The van der Waals surface area contributed by atoms with Gasteiger partial charge in [0, 0.05) is 59.6 Å². The molecule has 0 aliphatic carbocycles. The number of carbonyl (C=O) groups excluding carboxylic acids is 1. The molecule has 0 unspecified atom stereocenters. The molecule has 1 aromatic heterocycles. The predicted molar refractivity (Wildman–Crippen MR) is 119 cm³/mol. The second-order valence-corrected chi connectivity index (χ2v) is 7.44. The molecule has 1 aliphatic rings. The fourth-order valence-corrected chi connectivity index (χ4v) is 3.06. The van der Waals surface area contributed by atoms with E-state index in [-0.39, 0.29) is 11.4 Å². The first kappa shape index (κ1) is 22.7. The molecular weight excluding hydrogens is 403 g/mol. The normalized spacial score (nSPS) is 13.8. The van der Waals surface area contributed by atoms with Gasteiger partial charge in [-0.1, -0.05) is 0 Å². The molecule has 1 saturated heterocycles. The highest BCUT2D eigenvalue weighted by molar-refractivity contribution is 6.03. The van der Waals surface area contributed by atoms with Crippen molar-refractivity contribution in [3.05, 3.63) is 35.8 Å². The Labute approximate surface area is 181 Å². The van der Waals surface area contributed by atoms with E-state index in [1.54, 1.807) is 25.3 Å². The Hall–Kier alpha value is -2.98. The van der Waals surface area contributed by atoms with Gasteiger partial charge in [0.1, 0.15) is 17.3 Å². The third-order valence-electron chi connectivity index (χ3n) is 4.96. The number of hydrogen-bond donors (Lipinski definition) is 1. The summed E-state index contributed by atoms with van der Waals surface area (Å²) in [5, 5.41) is 2.64. The lowest BCUT2D eigenvalue weighted by molar-refractivity contribution is 0.102. The van der Waals surface area contributed by atoms with Gasteiger partial charge in [0.15, 0.2) is 0 Å². The van der Waals surface area contributed by atoms with E-state index in [4.69, 9.17) is 9.47 Å². The van der Waals surface area contributed by atoms with Crippen molar-refractivity contribution in [1.82, 2.24) is 9.97 Å². The van der Waals surface area contributed by atoms with Crippen LogP contribution in [-0.2, 0) is 9.47 Å². The lowest BCUT2D eigenvalue weighted by Gasteiger charge is -2.28. The number of carbonyl (C=O) groups is 1. The SMILES string of the molecule is COCCN(C)c1cc(C(=O)Nc2cc(N(C)C)ccc2F)nc(N2CCOCC2)n1. The molecule has 0 spiro atoms. The first-order valence-corrected chi connectivity index (χ1v) is 10.1. The Balaban J connectivity index is 1.91. The number of benzene rings is 1. The highest BCUT2D eigenvalue weighted by Gasteiger charge is 2.20. The maximum absolute atomic E-state index is 14.3. The van der Waals surface area contributed by atoms with Gasteiger partial charge < -0.3 is 29.5 Å². The fourth-order valence-electron chi connectivity index (χ4n) is 3.06. The Morgan fingerprint density at radius 1 is 1.23 bits per heavy atom. The summed E-state index contributed by atoms with van der Waals surface area (Å²) in [4.78, 5) is 27.8. The molecule has 2 aromatic rings. The van der Waals surface area contributed by atoms with Crippen LogP contribution in [0, 0.1) is 5.82 Å². The minimum atomic E-state index is -0.515. The molecule has 1 N–H and O–H groups in total. The van der Waals surface area contributed by atoms with Crippen LogP contribution >= 0.6 is 0 Å². The van der Waals surface area contributed by atoms with Crippen LogP contribution in [0.4, 0.5) is 27.5 Å². The maximum atomic E-state index is 14.3. The summed E-state index contributed by atoms with van der Waals surface area (Å²) in [6.45, 7) is 3.50. The summed E-state index contributed by atoms with van der Waals surface area (Å²) in [5.41, 5.74) is 1.02. The van der Waals surface area contributed by atoms with Crippen molar-refractivity contribution in [3.8, 4) is 0 Å². The van der Waals surface area contributed by atoms with Gasteiger partial charge in [-0.15, -0.1) is 0 Å². The maximum Gasteiger partial charge on any atom is 0.274 e. The molecule has 168 valence electrons. The molecule has 1 fully saturated rings. The first-order valence-electron chi connectivity index (χ1n) is 10.1. The average molecular weight is 433 g/mol. The summed E-state index contributed by atoms with van der Waals surface area (Å²) < 4.78 is 24.9. The lowest BCUT2D eigenvalue weighted by Crippen LogP contribution is -2.38. The minimum Gasteiger partial charge on any atom is -0.383 e. The number of methoxy groups -OCH3 is 1. The van der Waals surface area contributed by atoms with Crippen LogP contribution in [0.3, 0.4) is 0 Å². The van der Waals surface area contributed by atoms with Gasteiger partial charge in [-0.3, -0.25) is 4.79 Å². The zero-order chi connectivity index (χ0) is 22.4. The molecule has 10 heteroatoms. The standard InChI is InChI=1S/C21H29FN6O3/c1-26(2)15-5-6-16(22)17(13-15)23-20(29)18-14-19(27(3)7-10-30-4)25-21(24-18)28-8-11-31-12-9-28/h5-6,13-14H,7-12H2,1-4H3,(H,23,29). The highest BCUT2D eigenvalue weighted by Crippen LogP contribution is 2.23. The molecule has 1 aromatic carbocycles. The van der Waals surface area contributed by atoms with Gasteiger partial charge in [-0.25, -0.2) is 9.37 Å². The molecule has 0 atom stereocenters. The van der Waals surface area contributed by atoms with Crippen molar-refractivity contribution < 1.29 is 18.7 Å². The molecule has 9 nitrogen and oxygen atoms in total. The van der Waals surface area contributed by atoms with Gasteiger partial charge >= 0.3 is 0 Å². The van der Waals surface area contributed by atoms with Crippen molar-refractivity contribution >= 4 is 29.0 Å². The van der Waals surface area contributed by atoms with E-state index < -0.39 is 11.7 Å². The number of amides is 1. The molecule has 31 heavy (non-hydrogen) atoms. The molecule has 3 rings (SSSR count). The Bertz CT molecular complexity index is 905. The van der Waals surface area contributed by atoms with E-state index in [1.807, 2.05) is 35.8 Å². The van der Waals surface area contributed by atoms with E-state index in [0.717, 1.165) is 5.69 Å². The van der Waals surface area contributed by atoms with E-state index in [1.165, 1.54) is 6.07 Å². The quantitative estimate of drug-likeness (QED) is 0.677. The van der Waals surface area contributed by atoms with Crippen molar-refractivity contribution in [2.45, 2.75) is 0 Å².